The first-order valence-electron chi connectivity index (χ1n) is 6.91. The highest BCUT2D eigenvalue weighted by molar-refractivity contribution is 5.96. The number of aryl methyl sites for hydroxylation is 1. The molecule has 0 bridgehead atoms. The van der Waals surface area contributed by atoms with Crippen molar-refractivity contribution in [1.82, 2.24) is 9.97 Å². The van der Waals surface area contributed by atoms with Crippen molar-refractivity contribution < 1.29 is 0 Å². The molecule has 0 saturated carbocycles. The van der Waals surface area contributed by atoms with E-state index in [0.29, 0.717) is 22.9 Å². The summed E-state index contributed by atoms with van der Waals surface area (Å²) in [6.45, 7) is 2.00. The van der Waals surface area contributed by atoms with Crippen molar-refractivity contribution in [2.24, 2.45) is 16.0 Å². The van der Waals surface area contributed by atoms with Crippen LogP contribution in [0.25, 0.3) is 10.8 Å². The molecule has 0 spiro atoms. The molecule has 3 rings (SSSR count). The number of aromatic nitrogens is 2. The van der Waals surface area contributed by atoms with Gasteiger partial charge >= 0.3 is 0 Å². The minimum Gasteiger partial charge on any atom is -0.382 e. The zero-order valence-corrected chi connectivity index (χ0v) is 12.5. The average Bonchev–Trinajstić information content (AvgIpc) is 2.54. The summed E-state index contributed by atoms with van der Waals surface area (Å²) in [4.78, 5) is 8.19. The first kappa shape index (κ1) is 14.6. The Morgan fingerprint density at radius 3 is 2.61 bits per heavy atom. The summed E-state index contributed by atoms with van der Waals surface area (Å²) in [6.07, 6.45) is 3.21. The fourth-order valence-electron chi connectivity index (χ4n) is 2.14. The summed E-state index contributed by atoms with van der Waals surface area (Å²) >= 11 is 0. The Morgan fingerprint density at radius 2 is 1.91 bits per heavy atom. The third-order valence-electron chi connectivity index (χ3n) is 3.34. The maximum Gasteiger partial charge on any atom is 0.151 e. The number of nitrogen functional groups attached to an aromatic ring is 2. The Labute approximate surface area is 132 Å². The lowest BCUT2D eigenvalue weighted by Gasteiger charge is -2.05. The van der Waals surface area contributed by atoms with Gasteiger partial charge in [-0.3, -0.25) is 10.4 Å². The zero-order chi connectivity index (χ0) is 16.4. The van der Waals surface area contributed by atoms with E-state index in [1.54, 1.807) is 18.3 Å². The van der Waals surface area contributed by atoms with Gasteiger partial charge in [0.15, 0.2) is 5.82 Å². The van der Waals surface area contributed by atoms with Crippen molar-refractivity contribution in [3.63, 3.8) is 0 Å². The van der Waals surface area contributed by atoms with Crippen molar-refractivity contribution in [3.8, 4) is 0 Å². The monoisotopic (exact) mass is 305 g/mol. The Bertz CT molecular complexity index is 908. The van der Waals surface area contributed by atoms with Gasteiger partial charge in [-0.05, 0) is 25.1 Å². The second-order valence-corrected chi connectivity index (χ2v) is 5.10. The average molecular weight is 305 g/mol. The summed E-state index contributed by atoms with van der Waals surface area (Å²) < 4.78 is 0. The molecule has 3 aromatic rings. The molecule has 1 aromatic carbocycles. The summed E-state index contributed by atoms with van der Waals surface area (Å²) in [5.74, 6) is 0.228. The van der Waals surface area contributed by atoms with Crippen LogP contribution in [0.2, 0.25) is 0 Å². The topological polar surface area (TPSA) is 126 Å². The number of anilines is 1. The number of rotatable bonds is 3. The van der Waals surface area contributed by atoms with Crippen molar-refractivity contribution in [3.05, 3.63) is 54.0 Å². The number of hydrogen-bond acceptors (Lipinski definition) is 6. The van der Waals surface area contributed by atoms with Crippen molar-refractivity contribution >= 4 is 33.8 Å². The van der Waals surface area contributed by atoms with E-state index in [-0.39, 0.29) is 5.84 Å². The van der Waals surface area contributed by atoms with Gasteiger partial charge in [-0.15, -0.1) is 10.2 Å². The summed E-state index contributed by atoms with van der Waals surface area (Å²) in [6, 6.07) is 9.28. The molecule has 0 atom stereocenters. The Balaban J connectivity index is 2.01. The van der Waals surface area contributed by atoms with Crippen LogP contribution in [0.4, 0.5) is 17.2 Å². The summed E-state index contributed by atoms with van der Waals surface area (Å²) in [7, 11) is 0. The maximum absolute atomic E-state index is 7.32. The Kier molecular flexibility index (Phi) is 3.68. The number of azo groups is 1. The highest BCUT2D eigenvalue weighted by atomic mass is 15.1. The van der Waals surface area contributed by atoms with Gasteiger partial charge < -0.3 is 11.5 Å². The van der Waals surface area contributed by atoms with Crippen LogP contribution >= 0.6 is 0 Å². The Hall–Kier alpha value is -3.35. The van der Waals surface area contributed by atoms with E-state index >= 15 is 0 Å². The van der Waals surface area contributed by atoms with E-state index in [9.17, 15) is 0 Å². The number of nitrogens with two attached hydrogens (primary N) is 2. The predicted molar refractivity (Wildman–Crippen MR) is 90.3 cm³/mol. The maximum atomic E-state index is 7.32. The van der Waals surface area contributed by atoms with Crippen LogP contribution in [-0.4, -0.2) is 15.8 Å². The minimum atomic E-state index is -0.0912. The lowest BCUT2D eigenvalue weighted by Crippen LogP contribution is -2.12. The molecule has 7 heteroatoms. The molecule has 0 amide bonds. The largest absolute Gasteiger partial charge is 0.382 e. The molecule has 2 aromatic heterocycles. The fourth-order valence-corrected chi connectivity index (χ4v) is 2.14. The van der Waals surface area contributed by atoms with Crippen LogP contribution in [0, 0.1) is 12.3 Å². The molecule has 0 fully saturated rings. The third-order valence-corrected chi connectivity index (χ3v) is 3.34. The van der Waals surface area contributed by atoms with Gasteiger partial charge in [0.25, 0.3) is 0 Å². The number of nitrogens with one attached hydrogen (secondary N) is 1. The van der Waals surface area contributed by atoms with E-state index in [1.165, 1.54) is 6.20 Å². The van der Waals surface area contributed by atoms with E-state index in [4.69, 9.17) is 16.9 Å². The second-order valence-electron chi connectivity index (χ2n) is 5.10. The molecule has 114 valence electrons. The van der Waals surface area contributed by atoms with E-state index in [2.05, 4.69) is 20.2 Å². The quantitative estimate of drug-likeness (QED) is 0.390. The highest BCUT2D eigenvalue weighted by Crippen LogP contribution is 2.32. The van der Waals surface area contributed by atoms with E-state index < -0.39 is 0 Å². The van der Waals surface area contributed by atoms with Gasteiger partial charge in [-0.1, -0.05) is 17.7 Å². The molecule has 0 aliphatic rings. The van der Waals surface area contributed by atoms with Crippen molar-refractivity contribution in [2.75, 3.05) is 5.73 Å². The van der Waals surface area contributed by atoms with E-state index in [0.717, 1.165) is 16.3 Å². The van der Waals surface area contributed by atoms with Crippen LogP contribution in [0.5, 0.6) is 0 Å². The number of amidine groups is 1. The van der Waals surface area contributed by atoms with Crippen LogP contribution in [0.1, 0.15) is 11.3 Å². The van der Waals surface area contributed by atoms with Crippen molar-refractivity contribution in [2.45, 2.75) is 6.92 Å². The minimum absolute atomic E-state index is 0.0912. The second kappa shape index (κ2) is 5.80. The number of nitrogens with zero attached hydrogens (tertiary/aromatic N) is 4. The van der Waals surface area contributed by atoms with Crippen molar-refractivity contribution in [1.29, 1.82) is 5.41 Å². The van der Waals surface area contributed by atoms with Crippen LogP contribution < -0.4 is 11.5 Å². The first-order valence-corrected chi connectivity index (χ1v) is 6.91. The third kappa shape index (κ3) is 2.98. The molecule has 0 aliphatic carbocycles. The van der Waals surface area contributed by atoms with Gasteiger partial charge in [0, 0.05) is 17.0 Å². The number of pyridine rings is 2. The van der Waals surface area contributed by atoms with Crippen LogP contribution in [0.15, 0.2) is 53.0 Å². The first-order chi connectivity index (χ1) is 11.0. The molecule has 5 N–H and O–H groups in total. The molecule has 0 aliphatic heterocycles. The molecular formula is C16H15N7. The normalized spacial score (nSPS) is 11.2. The lowest BCUT2D eigenvalue weighted by atomic mass is 10.1. The highest BCUT2D eigenvalue weighted by Gasteiger charge is 2.07. The fraction of sp³-hybridized carbons (Fsp3) is 0.0625. The van der Waals surface area contributed by atoms with E-state index in [1.807, 2.05) is 25.1 Å². The molecule has 0 unspecified atom stereocenters. The molecule has 2 heterocycles. The molecule has 0 saturated heterocycles. The summed E-state index contributed by atoms with van der Waals surface area (Å²) in [5.41, 5.74) is 13.9. The van der Waals surface area contributed by atoms with Gasteiger partial charge in [0.2, 0.25) is 0 Å². The standard InChI is InChI=1S/C16H15N7/c1-9-2-3-10-7-21-16(19)14(12(10)6-9)23-22-11-4-5-13(15(17)18)20-8-11/h2-8H,1H3,(H3,17,18)(H2,19,21)/b23-22+. The molecule has 0 radical (unpaired) electrons. The lowest BCUT2D eigenvalue weighted by molar-refractivity contribution is 1.18. The molecule has 23 heavy (non-hydrogen) atoms. The van der Waals surface area contributed by atoms with Gasteiger partial charge in [-0.25, -0.2) is 4.98 Å². The Morgan fingerprint density at radius 1 is 1.09 bits per heavy atom. The molecule has 7 nitrogen and oxygen atoms in total. The van der Waals surface area contributed by atoms with Crippen LogP contribution in [-0.2, 0) is 0 Å². The zero-order valence-electron chi connectivity index (χ0n) is 12.5. The predicted octanol–water partition coefficient (Wildman–Crippen LogP) is 3.22. The SMILES string of the molecule is Cc1ccc2cnc(N)c(/N=N/c3ccc(C(=N)N)nc3)c2c1. The number of benzene rings is 1. The smallest absolute Gasteiger partial charge is 0.151 e. The summed E-state index contributed by atoms with van der Waals surface area (Å²) in [5, 5.41) is 17.5. The van der Waals surface area contributed by atoms with Gasteiger partial charge in [0.1, 0.15) is 22.9 Å². The van der Waals surface area contributed by atoms with Gasteiger partial charge in [-0.2, -0.15) is 0 Å². The van der Waals surface area contributed by atoms with Gasteiger partial charge in [0.05, 0.1) is 6.20 Å². The van der Waals surface area contributed by atoms with Crippen LogP contribution in [0.3, 0.4) is 0 Å². The number of fused-ring (bicyclic) bond motifs is 1. The number of hydrogen-bond donors (Lipinski definition) is 3. The molecular weight excluding hydrogens is 290 g/mol.